The average molecular weight is 356 g/mol. The number of hydrogen-bond acceptors (Lipinski definition) is 4. The summed E-state index contributed by atoms with van der Waals surface area (Å²) in [7, 11) is 0. The molecule has 0 amide bonds. The predicted molar refractivity (Wildman–Crippen MR) is 92.8 cm³/mol. The average Bonchev–Trinajstić information content (AvgIpc) is 2.59. The quantitative estimate of drug-likeness (QED) is 0.659. The van der Waals surface area contributed by atoms with Crippen molar-refractivity contribution in [2.24, 2.45) is 5.92 Å². The van der Waals surface area contributed by atoms with E-state index in [-0.39, 0.29) is 12.3 Å². The van der Waals surface area contributed by atoms with Gasteiger partial charge in [-0.15, -0.1) is 0 Å². The van der Waals surface area contributed by atoms with Crippen molar-refractivity contribution in [1.82, 2.24) is 5.48 Å². The number of carboxylic acid groups (broad SMARTS) is 1. The van der Waals surface area contributed by atoms with Gasteiger partial charge in [-0.2, -0.15) is 5.48 Å². The zero-order valence-corrected chi connectivity index (χ0v) is 14.8. The van der Waals surface area contributed by atoms with Crippen LogP contribution >= 0.6 is 11.6 Å². The topological polar surface area (TPSA) is 67.8 Å². The summed E-state index contributed by atoms with van der Waals surface area (Å²) < 4.78 is 5.47. The van der Waals surface area contributed by atoms with Gasteiger partial charge in [0.2, 0.25) is 0 Å². The Balaban J connectivity index is 1.75. The van der Waals surface area contributed by atoms with E-state index in [9.17, 15) is 9.90 Å². The summed E-state index contributed by atoms with van der Waals surface area (Å²) in [6, 6.07) is 7.38. The molecule has 24 heavy (non-hydrogen) atoms. The van der Waals surface area contributed by atoms with Crippen molar-refractivity contribution in [3.8, 4) is 0 Å². The summed E-state index contributed by atoms with van der Waals surface area (Å²) in [6.07, 6.45) is 4.91. The molecule has 6 heteroatoms. The molecule has 1 aromatic carbocycles. The van der Waals surface area contributed by atoms with Crippen molar-refractivity contribution in [2.75, 3.05) is 6.61 Å². The van der Waals surface area contributed by atoms with Crippen LogP contribution in [-0.4, -0.2) is 30.0 Å². The van der Waals surface area contributed by atoms with E-state index >= 15 is 0 Å². The molecule has 0 aromatic heterocycles. The van der Waals surface area contributed by atoms with Gasteiger partial charge in [-0.1, -0.05) is 23.7 Å². The standard InChI is InChI=1S/C18H26ClNO4/c1-13(20-24-17-7-2-3-12-23-17)16(18(21)22)6-4-5-14-8-10-15(19)11-9-14/h8-11,13,16-17,20H,2-7,12H2,1H3,(H,21,22)/t13-,16+,17?/m0/s1. The molecule has 0 bridgehead atoms. The maximum Gasteiger partial charge on any atom is 0.308 e. The summed E-state index contributed by atoms with van der Waals surface area (Å²) >= 11 is 5.87. The molecule has 1 unspecified atom stereocenters. The van der Waals surface area contributed by atoms with Crippen molar-refractivity contribution in [1.29, 1.82) is 0 Å². The molecule has 0 aliphatic carbocycles. The molecule has 5 nitrogen and oxygen atoms in total. The molecule has 1 aliphatic heterocycles. The van der Waals surface area contributed by atoms with Crippen molar-refractivity contribution in [3.05, 3.63) is 34.9 Å². The van der Waals surface area contributed by atoms with Crippen molar-refractivity contribution >= 4 is 17.6 Å². The first-order chi connectivity index (χ1) is 11.6. The number of hydrogen-bond donors (Lipinski definition) is 2. The van der Waals surface area contributed by atoms with Gasteiger partial charge in [0.15, 0.2) is 6.29 Å². The van der Waals surface area contributed by atoms with Crippen molar-refractivity contribution in [2.45, 2.75) is 57.8 Å². The SMILES string of the molecule is C[C@H](NOC1CCCCO1)[C@@H](CCCc1ccc(Cl)cc1)C(=O)O. The van der Waals surface area contributed by atoms with Gasteiger partial charge in [0, 0.05) is 24.1 Å². The first-order valence-corrected chi connectivity index (χ1v) is 8.94. The molecule has 2 N–H and O–H groups in total. The minimum atomic E-state index is -0.806. The molecule has 1 fully saturated rings. The predicted octanol–water partition coefficient (Wildman–Crippen LogP) is 3.80. The molecule has 1 saturated heterocycles. The van der Waals surface area contributed by atoms with Crippen LogP contribution in [0.3, 0.4) is 0 Å². The van der Waals surface area contributed by atoms with Crippen molar-refractivity contribution < 1.29 is 19.5 Å². The van der Waals surface area contributed by atoms with E-state index in [1.54, 1.807) is 0 Å². The second-order valence-electron chi connectivity index (χ2n) is 6.28. The van der Waals surface area contributed by atoms with Crippen molar-refractivity contribution in [3.63, 3.8) is 0 Å². The Kier molecular flexibility index (Phi) is 7.99. The third kappa shape index (κ3) is 6.40. The maximum atomic E-state index is 11.5. The summed E-state index contributed by atoms with van der Waals surface area (Å²) in [6.45, 7) is 2.54. The van der Waals surface area contributed by atoms with Gasteiger partial charge < -0.3 is 9.84 Å². The van der Waals surface area contributed by atoms with E-state index in [0.29, 0.717) is 18.1 Å². The minimum Gasteiger partial charge on any atom is -0.481 e. The molecule has 1 aliphatic rings. The lowest BCUT2D eigenvalue weighted by Crippen LogP contribution is -2.41. The van der Waals surface area contributed by atoms with Crippen LogP contribution in [0.2, 0.25) is 5.02 Å². The maximum absolute atomic E-state index is 11.5. The number of benzene rings is 1. The highest BCUT2D eigenvalue weighted by atomic mass is 35.5. The van der Waals surface area contributed by atoms with E-state index in [1.807, 2.05) is 31.2 Å². The summed E-state index contributed by atoms with van der Waals surface area (Å²) in [4.78, 5) is 17.0. The molecule has 0 spiro atoms. The molecule has 0 saturated carbocycles. The van der Waals surface area contributed by atoms with E-state index in [0.717, 1.165) is 37.7 Å². The van der Waals surface area contributed by atoms with Crippen LogP contribution in [0.5, 0.6) is 0 Å². The molecular formula is C18H26ClNO4. The van der Waals surface area contributed by atoms with E-state index in [1.165, 1.54) is 0 Å². The zero-order valence-electron chi connectivity index (χ0n) is 14.0. The normalized spacial score (nSPS) is 20.5. The van der Waals surface area contributed by atoms with Gasteiger partial charge >= 0.3 is 5.97 Å². The molecule has 1 heterocycles. The second-order valence-corrected chi connectivity index (χ2v) is 6.72. The van der Waals surface area contributed by atoms with Crippen LogP contribution in [0.25, 0.3) is 0 Å². The fourth-order valence-corrected chi connectivity index (χ4v) is 2.96. The second kappa shape index (κ2) is 9.99. The van der Waals surface area contributed by atoms with Crippen LogP contribution in [0, 0.1) is 5.92 Å². The lowest BCUT2D eigenvalue weighted by Gasteiger charge is -2.26. The third-order valence-corrected chi connectivity index (χ3v) is 4.59. The molecule has 2 rings (SSSR count). The number of ether oxygens (including phenoxy) is 1. The number of hydroxylamine groups is 1. The number of carboxylic acids is 1. The minimum absolute atomic E-state index is 0.273. The highest BCUT2D eigenvalue weighted by Crippen LogP contribution is 2.18. The number of carbonyl (C=O) groups is 1. The van der Waals surface area contributed by atoms with Gasteiger partial charge in [0.05, 0.1) is 5.92 Å². The highest BCUT2D eigenvalue weighted by Gasteiger charge is 2.26. The van der Waals surface area contributed by atoms with Crippen LogP contribution in [0.4, 0.5) is 0 Å². The van der Waals surface area contributed by atoms with Crippen LogP contribution in [0.15, 0.2) is 24.3 Å². The Morgan fingerprint density at radius 1 is 1.42 bits per heavy atom. The van der Waals surface area contributed by atoms with E-state index in [4.69, 9.17) is 21.2 Å². The first kappa shape index (κ1) is 19.2. The number of rotatable bonds is 9. The summed E-state index contributed by atoms with van der Waals surface area (Å²) in [5.41, 5.74) is 4.03. The molecule has 1 aromatic rings. The Hall–Kier alpha value is -1.14. The summed E-state index contributed by atoms with van der Waals surface area (Å²) in [5.74, 6) is -1.31. The zero-order chi connectivity index (χ0) is 17.4. The van der Waals surface area contributed by atoms with Gasteiger partial charge in [-0.3, -0.25) is 9.63 Å². The van der Waals surface area contributed by atoms with Gasteiger partial charge in [-0.25, -0.2) is 0 Å². The lowest BCUT2D eigenvalue weighted by molar-refractivity contribution is -0.206. The highest BCUT2D eigenvalue weighted by molar-refractivity contribution is 6.30. The fourth-order valence-electron chi connectivity index (χ4n) is 2.83. The van der Waals surface area contributed by atoms with Gasteiger partial charge in [0.25, 0.3) is 0 Å². The molecule has 134 valence electrons. The Morgan fingerprint density at radius 2 is 2.17 bits per heavy atom. The van der Waals surface area contributed by atoms with E-state index < -0.39 is 11.9 Å². The lowest BCUT2D eigenvalue weighted by atomic mass is 9.94. The summed E-state index contributed by atoms with van der Waals surface area (Å²) in [5, 5.41) is 10.2. The number of aliphatic carboxylic acids is 1. The van der Waals surface area contributed by atoms with E-state index in [2.05, 4.69) is 5.48 Å². The van der Waals surface area contributed by atoms with Crippen LogP contribution in [0.1, 0.15) is 44.6 Å². The largest absolute Gasteiger partial charge is 0.481 e. The first-order valence-electron chi connectivity index (χ1n) is 8.56. The smallest absolute Gasteiger partial charge is 0.308 e. The molecule has 0 radical (unpaired) electrons. The molecular weight excluding hydrogens is 330 g/mol. The number of halogens is 1. The Bertz CT molecular complexity index is 502. The number of aryl methyl sites for hydroxylation is 1. The van der Waals surface area contributed by atoms with Crippen LogP contribution < -0.4 is 5.48 Å². The van der Waals surface area contributed by atoms with Gasteiger partial charge in [-0.05, 0) is 56.7 Å². The monoisotopic (exact) mass is 355 g/mol. The molecule has 3 atom stereocenters. The Labute approximate surface area is 148 Å². The third-order valence-electron chi connectivity index (χ3n) is 4.34. The van der Waals surface area contributed by atoms with Crippen LogP contribution in [-0.2, 0) is 20.8 Å². The number of nitrogens with one attached hydrogen (secondary N) is 1. The Morgan fingerprint density at radius 3 is 2.79 bits per heavy atom. The fraction of sp³-hybridized carbons (Fsp3) is 0.611. The van der Waals surface area contributed by atoms with Gasteiger partial charge in [0.1, 0.15) is 0 Å².